The average Bonchev–Trinajstić information content (AvgIpc) is 2.83. The predicted molar refractivity (Wildman–Crippen MR) is 80.7 cm³/mol. The first-order chi connectivity index (χ1) is 10.2. The molecule has 1 fully saturated rings. The van der Waals surface area contributed by atoms with Gasteiger partial charge in [0.25, 0.3) is 0 Å². The van der Waals surface area contributed by atoms with E-state index in [2.05, 4.69) is 9.80 Å². The molecule has 1 saturated heterocycles. The molecular weight excluding hydrogens is 268 g/mol. The summed E-state index contributed by atoms with van der Waals surface area (Å²) in [5.41, 5.74) is 0. The second-order valence-corrected chi connectivity index (χ2v) is 5.94. The lowest BCUT2D eigenvalue weighted by Crippen LogP contribution is -2.49. The Hall–Kier alpha value is -1.30. The Balaban J connectivity index is 1.46. The van der Waals surface area contributed by atoms with Crippen LogP contribution >= 0.6 is 0 Å². The molecule has 0 unspecified atom stereocenters. The lowest BCUT2D eigenvalue weighted by atomic mass is 10.2. The van der Waals surface area contributed by atoms with Crippen molar-refractivity contribution in [3.8, 4) is 11.5 Å². The Kier molecular flexibility index (Phi) is 4.33. The highest BCUT2D eigenvalue weighted by molar-refractivity contribution is 5.42. The van der Waals surface area contributed by atoms with E-state index in [1.54, 1.807) is 0 Å². The zero-order valence-corrected chi connectivity index (χ0v) is 12.6. The standard InChI is InChI=1S/C16H24N2O3/c1-16(20-14-4-2-3-5-15(14)21-16)6-7-17-8-10-18(11-9-17)12-13-19/h2-5,19H,6-13H2,1H3. The Labute approximate surface area is 126 Å². The molecule has 0 bridgehead atoms. The van der Waals surface area contributed by atoms with Crippen LogP contribution in [0.15, 0.2) is 24.3 Å². The molecule has 2 aliphatic rings. The van der Waals surface area contributed by atoms with Crippen LogP contribution in [0.5, 0.6) is 11.5 Å². The predicted octanol–water partition coefficient (Wildman–Crippen LogP) is 1.17. The van der Waals surface area contributed by atoms with E-state index in [0.29, 0.717) is 0 Å². The van der Waals surface area contributed by atoms with Gasteiger partial charge in [0.2, 0.25) is 5.79 Å². The van der Waals surface area contributed by atoms with Crippen molar-refractivity contribution in [3.63, 3.8) is 0 Å². The van der Waals surface area contributed by atoms with Crippen molar-refractivity contribution in [2.24, 2.45) is 0 Å². The van der Waals surface area contributed by atoms with E-state index in [-0.39, 0.29) is 6.61 Å². The number of piperazine rings is 1. The normalized spacial score (nSPS) is 21.6. The van der Waals surface area contributed by atoms with Crippen LogP contribution in [-0.4, -0.2) is 66.6 Å². The SMILES string of the molecule is CC1(CCN2CCN(CCO)CC2)Oc2ccccc2O1. The van der Waals surface area contributed by atoms with E-state index in [0.717, 1.165) is 57.2 Å². The van der Waals surface area contributed by atoms with E-state index in [1.165, 1.54) is 0 Å². The van der Waals surface area contributed by atoms with Crippen LogP contribution in [0.4, 0.5) is 0 Å². The summed E-state index contributed by atoms with van der Waals surface area (Å²) in [6.45, 7) is 8.15. The van der Waals surface area contributed by atoms with Crippen LogP contribution in [0, 0.1) is 0 Å². The monoisotopic (exact) mass is 292 g/mol. The smallest absolute Gasteiger partial charge is 0.250 e. The Morgan fingerprint density at radius 2 is 1.52 bits per heavy atom. The Morgan fingerprint density at radius 1 is 1.00 bits per heavy atom. The van der Waals surface area contributed by atoms with Crippen LogP contribution in [0.25, 0.3) is 0 Å². The molecule has 5 heteroatoms. The maximum atomic E-state index is 8.96. The maximum absolute atomic E-state index is 8.96. The Morgan fingerprint density at radius 3 is 2.05 bits per heavy atom. The molecule has 2 heterocycles. The summed E-state index contributed by atoms with van der Waals surface area (Å²) in [6, 6.07) is 7.84. The Bertz CT molecular complexity index is 447. The molecule has 0 aliphatic carbocycles. The minimum Gasteiger partial charge on any atom is -0.449 e. The van der Waals surface area contributed by atoms with Crippen LogP contribution in [-0.2, 0) is 0 Å². The van der Waals surface area contributed by atoms with Crippen molar-refractivity contribution >= 4 is 0 Å². The number of ether oxygens (including phenoxy) is 2. The summed E-state index contributed by atoms with van der Waals surface area (Å²) in [7, 11) is 0. The highest BCUT2D eigenvalue weighted by Crippen LogP contribution is 2.40. The first-order valence-electron chi connectivity index (χ1n) is 7.71. The van der Waals surface area contributed by atoms with Crippen molar-refractivity contribution in [1.82, 2.24) is 9.80 Å². The summed E-state index contributed by atoms with van der Waals surface area (Å²) in [6.07, 6.45) is 0.849. The first-order valence-corrected chi connectivity index (χ1v) is 7.71. The van der Waals surface area contributed by atoms with Gasteiger partial charge in [0.05, 0.1) is 6.61 Å². The summed E-state index contributed by atoms with van der Waals surface area (Å²) >= 11 is 0. The van der Waals surface area contributed by atoms with Crippen molar-refractivity contribution in [2.45, 2.75) is 19.1 Å². The molecule has 0 spiro atoms. The van der Waals surface area contributed by atoms with Gasteiger partial charge >= 0.3 is 0 Å². The zero-order valence-electron chi connectivity index (χ0n) is 12.6. The van der Waals surface area contributed by atoms with Gasteiger partial charge in [0.1, 0.15) is 0 Å². The molecule has 0 aromatic heterocycles. The number of aliphatic hydroxyl groups is 1. The van der Waals surface area contributed by atoms with Gasteiger partial charge in [-0.25, -0.2) is 0 Å². The van der Waals surface area contributed by atoms with E-state index in [1.807, 2.05) is 31.2 Å². The van der Waals surface area contributed by atoms with Crippen molar-refractivity contribution in [2.75, 3.05) is 45.9 Å². The number of β-amino-alcohol motifs (C(OH)–C–C–N with tert-alkyl or cyclic N) is 1. The lowest BCUT2D eigenvalue weighted by molar-refractivity contribution is -0.0748. The molecule has 2 aliphatic heterocycles. The van der Waals surface area contributed by atoms with E-state index < -0.39 is 5.79 Å². The van der Waals surface area contributed by atoms with Gasteiger partial charge in [-0.3, -0.25) is 4.90 Å². The van der Waals surface area contributed by atoms with E-state index in [4.69, 9.17) is 14.6 Å². The molecule has 0 saturated carbocycles. The fourth-order valence-corrected chi connectivity index (χ4v) is 2.95. The largest absolute Gasteiger partial charge is 0.449 e. The molecular formula is C16H24N2O3. The van der Waals surface area contributed by atoms with Crippen LogP contribution < -0.4 is 9.47 Å². The number of benzene rings is 1. The van der Waals surface area contributed by atoms with Gasteiger partial charge in [-0.1, -0.05) is 12.1 Å². The van der Waals surface area contributed by atoms with Crippen LogP contribution in [0.2, 0.25) is 0 Å². The molecule has 1 aromatic carbocycles. The molecule has 0 amide bonds. The third-order valence-corrected chi connectivity index (χ3v) is 4.26. The van der Waals surface area contributed by atoms with Crippen molar-refractivity contribution < 1.29 is 14.6 Å². The number of fused-ring (bicyclic) bond motifs is 1. The summed E-state index contributed by atoms with van der Waals surface area (Å²) < 4.78 is 11.9. The number of aliphatic hydroxyl groups excluding tert-OH is 1. The summed E-state index contributed by atoms with van der Waals surface area (Å²) in [4.78, 5) is 4.74. The molecule has 0 radical (unpaired) electrons. The third-order valence-electron chi connectivity index (χ3n) is 4.26. The van der Waals surface area contributed by atoms with Gasteiger partial charge in [0, 0.05) is 52.6 Å². The van der Waals surface area contributed by atoms with E-state index in [9.17, 15) is 0 Å². The molecule has 1 N–H and O–H groups in total. The number of hydrogen-bond acceptors (Lipinski definition) is 5. The molecule has 1 aromatic rings. The van der Waals surface area contributed by atoms with Gasteiger partial charge in [-0.15, -0.1) is 0 Å². The quantitative estimate of drug-likeness (QED) is 0.883. The van der Waals surface area contributed by atoms with Gasteiger partial charge in [0.15, 0.2) is 11.5 Å². The van der Waals surface area contributed by atoms with Crippen LogP contribution in [0.1, 0.15) is 13.3 Å². The summed E-state index contributed by atoms with van der Waals surface area (Å²) in [5.74, 6) is 1.13. The van der Waals surface area contributed by atoms with Gasteiger partial charge < -0.3 is 19.5 Å². The maximum Gasteiger partial charge on any atom is 0.250 e. The third kappa shape index (κ3) is 3.48. The highest BCUT2D eigenvalue weighted by Gasteiger charge is 2.36. The second kappa shape index (κ2) is 6.22. The number of para-hydroxylation sites is 2. The number of rotatable bonds is 5. The number of nitrogens with zero attached hydrogens (tertiary/aromatic N) is 2. The van der Waals surface area contributed by atoms with Crippen molar-refractivity contribution in [3.05, 3.63) is 24.3 Å². The number of hydrogen-bond donors (Lipinski definition) is 1. The minimum absolute atomic E-state index is 0.248. The van der Waals surface area contributed by atoms with Crippen molar-refractivity contribution in [1.29, 1.82) is 0 Å². The average molecular weight is 292 g/mol. The first kappa shape index (κ1) is 14.6. The summed E-state index contributed by atoms with van der Waals surface area (Å²) in [5, 5.41) is 8.96. The van der Waals surface area contributed by atoms with Gasteiger partial charge in [-0.05, 0) is 12.1 Å². The second-order valence-electron chi connectivity index (χ2n) is 5.94. The molecule has 0 atom stereocenters. The molecule has 116 valence electrons. The van der Waals surface area contributed by atoms with E-state index >= 15 is 0 Å². The molecule has 3 rings (SSSR count). The fourth-order valence-electron chi connectivity index (χ4n) is 2.95. The van der Waals surface area contributed by atoms with Crippen LogP contribution in [0.3, 0.4) is 0 Å². The molecule has 5 nitrogen and oxygen atoms in total. The zero-order chi connectivity index (χ0) is 14.7. The fraction of sp³-hybridized carbons (Fsp3) is 0.625. The molecule has 21 heavy (non-hydrogen) atoms. The minimum atomic E-state index is -0.550. The lowest BCUT2D eigenvalue weighted by Gasteiger charge is -2.35. The van der Waals surface area contributed by atoms with Gasteiger partial charge in [-0.2, -0.15) is 0 Å². The topological polar surface area (TPSA) is 45.2 Å². The highest BCUT2D eigenvalue weighted by atomic mass is 16.7.